The molecule has 0 fully saturated rings. The van der Waals surface area contributed by atoms with E-state index in [1.807, 2.05) is 51.1 Å². The Kier molecular flexibility index (Phi) is 13.0. The number of carbonyl (C=O) groups is 3. The molecule has 0 radical (unpaired) electrons. The van der Waals surface area contributed by atoms with Gasteiger partial charge in [0.2, 0.25) is 11.8 Å². The van der Waals surface area contributed by atoms with Crippen LogP contribution in [0.1, 0.15) is 91.3 Å². The van der Waals surface area contributed by atoms with Gasteiger partial charge in [0.15, 0.2) is 0 Å². The van der Waals surface area contributed by atoms with Gasteiger partial charge in [-0.2, -0.15) is 5.26 Å². The summed E-state index contributed by atoms with van der Waals surface area (Å²) in [5.41, 5.74) is 0.983. The predicted molar refractivity (Wildman–Crippen MR) is 141 cm³/mol. The molecule has 0 aliphatic heterocycles. The number of unbranched alkanes of at least 4 members (excludes halogenated alkanes) is 2. The Hall–Kier alpha value is -3.08. The molecule has 8 nitrogen and oxygen atoms in total. The number of carbonyl (C=O) groups excluding carboxylic acids is 3. The highest BCUT2D eigenvalue weighted by Gasteiger charge is 2.36. The Morgan fingerprint density at radius 2 is 1.72 bits per heavy atom. The molecule has 3 amide bonds. The number of hydrogen-bond donors (Lipinski definition) is 2. The lowest BCUT2D eigenvalue weighted by molar-refractivity contribution is -0.142. The number of rotatable bonds is 13. The van der Waals surface area contributed by atoms with Crippen molar-refractivity contribution < 1.29 is 19.1 Å². The zero-order valence-corrected chi connectivity index (χ0v) is 23.0. The van der Waals surface area contributed by atoms with Crippen molar-refractivity contribution in [2.24, 2.45) is 5.92 Å². The molecule has 2 atom stereocenters. The van der Waals surface area contributed by atoms with Crippen molar-refractivity contribution in [2.75, 3.05) is 13.1 Å². The summed E-state index contributed by atoms with van der Waals surface area (Å²) in [6.45, 7) is 13.4. The van der Waals surface area contributed by atoms with E-state index >= 15 is 0 Å². The molecule has 8 heteroatoms. The minimum Gasteiger partial charge on any atom is -0.444 e. The van der Waals surface area contributed by atoms with Gasteiger partial charge < -0.3 is 20.3 Å². The van der Waals surface area contributed by atoms with Crippen molar-refractivity contribution in [3.63, 3.8) is 0 Å². The van der Waals surface area contributed by atoms with E-state index in [0.29, 0.717) is 18.5 Å². The van der Waals surface area contributed by atoms with Gasteiger partial charge in [-0.3, -0.25) is 9.59 Å². The second-order valence-electron chi connectivity index (χ2n) is 10.4. The van der Waals surface area contributed by atoms with E-state index in [9.17, 15) is 19.6 Å². The van der Waals surface area contributed by atoms with Gasteiger partial charge in [0.05, 0.1) is 6.07 Å². The molecule has 0 saturated heterocycles. The van der Waals surface area contributed by atoms with Crippen LogP contribution in [0.5, 0.6) is 0 Å². The molecule has 1 aromatic rings. The molecular formula is C28H44N4O4. The summed E-state index contributed by atoms with van der Waals surface area (Å²) in [7, 11) is 0. The second kappa shape index (κ2) is 15.1. The van der Waals surface area contributed by atoms with Gasteiger partial charge in [0.1, 0.15) is 24.2 Å². The van der Waals surface area contributed by atoms with Crippen LogP contribution in [-0.2, 0) is 20.7 Å². The molecule has 1 aromatic carbocycles. The third-order valence-corrected chi connectivity index (χ3v) is 5.56. The highest BCUT2D eigenvalue weighted by atomic mass is 16.6. The fourth-order valence-electron chi connectivity index (χ4n) is 3.81. The lowest BCUT2D eigenvalue weighted by atomic mass is 9.98. The van der Waals surface area contributed by atoms with Crippen LogP contribution in [0.4, 0.5) is 4.79 Å². The maximum absolute atomic E-state index is 13.8. The fraction of sp³-hybridized carbons (Fsp3) is 0.643. The fourth-order valence-corrected chi connectivity index (χ4v) is 3.81. The molecule has 200 valence electrons. The van der Waals surface area contributed by atoms with Gasteiger partial charge in [-0.15, -0.1) is 0 Å². The van der Waals surface area contributed by atoms with Gasteiger partial charge in [-0.1, -0.05) is 64.8 Å². The summed E-state index contributed by atoms with van der Waals surface area (Å²) >= 11 is 0. The van der Waals surface area contributed by atoms with E-state index in [4.69, 9.17) is 4.74 Å². The minimum absolute atomic E-state index is 0.0722. The van der Waals surface area contributed by atoms with Crippen molar-refractivity contribution in [1.82, 2.24) is 15.5 Å². The lowest BCUT2D eigenvalue weighted by Gasteiger charge is -2.33. The number of alkyl carbamates (subject to hydrolysis) is 1. The molecule has 2 unspecified atom stereocenters. The van der Waals surface area contributed by atoms with Gasteiger partial charge in [0, 0.05) is 6.54 Å². The molecule has 0 spiro atoms. The average Bonchev–Trinajstić information content (AvgIpc) is 2.79. The first kappa shape index (κ1) is 31.0. The summed E-state index contributed by atoms with van der Waals surface area (Å²) in [6, 6.07) is 7.58. The van der Waals surface area contributed by atoms with Crippen LogP contribution in [0.3, 0.4) is 0 Å². The maximum atomic E-state index is 13.8. The van der Waals surface area contributed by atoms with Crippen molar-refractivity contribution in [2.45, 2.75) is 98.3 Å². The largest absolute Gasteiger partial charge is 0.444 e. The smallest absolute Gasteiger partial charge is 0.408 e. The number of aryl methyl sites for hydroxylation is 1. The molecule has 0 aromatic heterocycles. The summed E-state index contributed by atoms with van der Waals surface area (Å²) in [5, 5.41) is 15.2. The Morgan fingerprint density at radius 1 is 1.08 bits per heavy atom. The highest BCUT2D eigenvalue weighted by molar-refractivity contribution is 5.92. The van der Waals surface area contributed by atoms with Crippen LogP contribution in [-0.4, -0.2) is 47.5 Å². The number of nitrogens with one attached hydrogen (secondary N) is 2. The third kappa shape index (κ3) is 10.7. The van der Waals surface area contributed by atoms with Crippen LogP contribution in [0.25, 0.3) is 0 Å². The number of nitrogens with zero attached hydrogens (tertiary/aromatic N) is 2. The molecule has 0 heterocycles. The number of amides is 3. The normalized spacial score (nSPS) is 12.9. The SMILES string of the molecule is CCCCCNC(=O)C(c1ccc(CC)cc1)N(CC#N)C(=O)C(CC(C)C)NC(=O)OC(C)(C)C. The van der Waals surface area contributed by atoms with Gasteiger partial charge in [-0.05, 0) is 57.1 Å². The Balaban J connectivity index is 3.37. The zero-order valence-electron chi connectivity index (χ0n) is 23.0. The van der Waals surface area contributed by atoms with E-state index in [-0.39, 0.29) is 18.4 Å². The number of hydrogen-bond acceptors (Lipinski definition) is 5. The van der Waals surface area contributed by atoms with Gasteiger partial charge in [0.25, 0.3) is 0 Å². The van der Waals surface area contributed by atoms with Crippen molar-refractivity contribution >= 4 is 17.9 Å². The van der Waals surface area contributed by atoms with Gasteiger partial charge >= 0.3 is 6.09 Å². The lowest BCUT2D eigenvalue weighted by Crippen LogP contribution is -2.53. The first-order chi connectivity index (χ1) is 16.9. The molecule has 0 saturated carbocycles. The van der Waals surface area contributed by atoms with E-state index in [0.717, 1.165) is 31.2 Å². The Labute approximate surface area is 216 Å². The molecule has 0 bridgehead atoms. The average molecular weight is 501 g/mol. The number of nitriles is 1. The monoisotopic (exact) mass is 500 g/mol. The zero-order chi connectivity index (χ0) is 27.3. The van der Waals surface area contributed by atoms with E-state index in [1.54, 1.807) is 20.8 Å². The van der Waals surface area contributed by atoms with Crippen molar-refractivity contribution in [1.29, 1.82) is 5.26 Å². The summed E-state index contributed by atoms with van der Waals surface area (Å²) < 4.78 is 5.37. The molecular weight excluding hydrogens is 456 g/mol. The molecule has 36 heavy (non-hydrogen) atoms. The molecule has 0 aliphatic carbocycles. The minimum atomic E-state index is -1.00. The van der Waals surface area contributed by atoms with Crippen molar-refractivity contribution in [3.8, 4) is 6.07 Å². The summed E-state index contributed by atoms with van der Waals surface area (Å²) in [5.74, 6) is -0.771. The third-order valence-electron chi connectivity index (χ3n) is 5.56. The summed E-state index contributed by atoms with van der Waals surface area (Å²) in [6.07, 6.45) is 3.28. The number of ether oxygens (including phenoxy) is 1. The van der Waals surface area contributed by atoms with E-state index in [2.05, 4.69) is 17.6 Å². The van der Waals surface area contributed by atoms with Gasteiger partial charge in [-0.25, -0.2) is 4.79 Å². The highest BCUT2D eigenvalue weighted by Crippen LogP contribution is 2.24. The van der Waals surface area contributed by atoms with Crippen LogP contribution >= 0.6 is 0 Å². The standard InChI is InChI=1S/C28H44N4O4/c1-8-10-11-17-30-25(33)24(22-14-12-21(9-2)13-15-22)32(18-16-29)26(34)23(19-20(3)4)31-27(35)36-28(5,6)7/h12-15,20,23-24H,8-11,17-19H2,1-7H3,(H,30,33)(H,31,35). The first-order valence-corrected chi connectivity index (χ1v) is 13.0. The Bertz CT molecular complexity index is 884. The maximum Gasteiger partial charge on any atom is 0.408 e. The predicted octanol–water partition coefficient (Wildman–Crippen LogP) is 4.89. The Morgan fingerprint density at radius 3 is 2.22 bits per heavy atom. The van der Waals surface area contributed by atoms with Crippen LogP contribution < -0.4 is 10.6 Å². The van der Waals surface area contributed by atoms with Crippen molar-refractivity contribution in [3.05, 3.63) is 35.4 Å². The summed E-state index contributed by atoms with van der Waals surface area (Å²) in [4.78, 5) is 41.0. The van der Waals surface area contributed by atoms with Crippen LogP contribution in [0.15, 0.2) is 24.3 Å². The number of benzene rings is 1. The van der Waals surface area contributed by atoms with Crippen LogP contribution in [0, 0.1) is 17.2 Å². The topological polar surface area (TPSA) is 112 Å². The molecule has 1 rings (SSSR count). The first-order valence-electron chi connectivity index (χ1n) is 13.0. The van der Waals surface area contributed by atoms with E-state index in [1.165, 1.54) is 4.90 Å². The van der Waals surface area contributed by atoms with E-state index < -0.39 is 29.7 Å². The molecule has 0 aliphatic rings. The second-order valence-corrected chi connectivity index (χ2v) is 10.4. The van der Waals surface area contributed by atoms with Crippen LogP contribution in [0.2, 0.25) is 0 Å². The molecule has 2 N–H and O–H groups in total. The quantitative estimate of drug-likeness (QED) is 0.296.